The molecule has 3 aliphatic heterocycles. The highest BCUT2D eigenvalue weighted by molar-refractivity contribution is 5.86. The average Bonchev–Trinajstić information content (AvgIpc) is 3.39. The van der Waals surface area contributed by atoms with Gasteiger partial charge in [0.15, 0.2) is 23.2 Å². The van der Waals surface area contributed by atoms with Crippen molar-refractivity contribution in [2.24, 2.45) is 0 Å². The van der Waals surface area contributed by atoms with Crippen molar-refractivity contribution >= 4 is 28.6 Å². The van der Waals surface area contributed by atoms with E-state index >= 15 is 0 Å². The van der Waals surface area contributed by atoms with Gasteiger partial charge in [0, 0.05) is 44.5 Å². The number of nitro groups is 1. The minimum absolute atomic E-state index is 0.0562. The first-order valence-electron chi connectivity index (χ1n) is 12.5. The first-order chi connectivity index (χ1) is 17.9. The van der Waals surface area contributed by atoms with Gasteiger partial charge in [0.2, 0.25) is 5.95 Å². The van der Waals surface area contributed by atoms with Gasteiger partial charge < -0.3 is 29.9 Å². The number of rotatable bonds is 5. The maximum absolute atomic E-state index is 11.3. The summed E-state index contributed by atoms with van der Waals surface area (Å²) in [6.07, 6.45) is 0.0954. The number of nitrogens with one attached hydrogen (secondary N) is 1. The highest BCUT2D eigenvalue weighted by Gasteiger charge is 2.43. The number of aromatic nitrogens is 4. The zero-order valence-corrected chi connectivity index (χ0v) is 20.4. The lowest BCUT2D eigenvalue weighted by Crippen LogP contribution is -2.33. The Hall–Kier alpha value is -3.39. The van der Waals surface area contributed by atoms with Crippen LogP contribution in [-0.2, 0) is 22.4 Å². The van der Waals surface area contributed by atoms with E-state index in [1.807, 2.05) is 11.0 Å². The van der Waals surface area contributed by atoms with Crippen LogP contribution in [0, 0.1) is 10.1 Å². The van der Waals surface area contributed by atoms with Gasteiger partial charge in [0.05, 0.1) is 11.0 Å². The summed E-state index contributed by atoms with van der Waals surface area (Å²) in [5.74, 6) is 1.07. The predicted molar refractivity (Wildman–Crippen MR) is 132 cm³/mol. The molecule has 196 valence electrons. The third-order valence-corrected chi connectivity index (χ3v) is 7.46. The first-order valence-corrected chi connectivity index (χ1v) is 12.5. The summed E-state index contributed by atoms with van der Waals surface area (Å²) in [6, 6.07) is 5.08. The number of aliphatic hydroxyl groups excluding tert-OH is 2. The standard InChI is InChI=1S/C24H29N7O6/c1-13-19(32)20(33)23(37-13)30-22-18(28-24(30)27-16-5-8-36-9-6-16)21(25-12-26-22)29-7-4-14-2-3-17(31(34)35)10-15(14)11-29/h2-3,10,12-13,16,19-20,23,32-33H,4-9,11H2,1H3,(H,27,28)/t13-,19-,20-,23-/m1/s1. The molecule has 13 heteroatoms. The summed E-state index contributed by atoms with van der Waals surface area (Å²) in [5, 5.41) is 36.0. The number of hydrogen-bond acceptors (Lipinski definition) is 11. The van der Waals surface area contributed by atoms with Crippen LogP contribution in [0.4, 0.5) is 17.5 Å². The van der Waals surface area contributed by atoms with E-state index in [-0.39, 0.29) is 16.7 Å². The quantitative estimate of drug-likeness (QED) is 0.336. The molecule has 0 unspecified atom stereocenters. The molecule has 5 heterocycles. The Morgan fingerprint density at radius 1 is 1.16 bits per heavy atom. The highest BCUT2D eigenvalue weighted by atomic mass is 16.6. The maximum atomic E-state index is 11.3. The Bertz CT molecular complexity index is 1330. The number of ether oxygens (including phenoxy) is 2. The lowest BCUT2D eigenvalue weighted by Gasteiger charge is -2.29. The van der Waals surface area contributed by atoms with Crippen LogP contribution in [0.5, 0.6) is 0 Å². The number of benzene rings is 1. The molecule has 2 fully saturated rings. The van der Waals surface area contributed by atoms with E-state index in [1.165, 1.54) is 12.4 Å². The molecule has 6 rings (SSSR count). The molecular formula is C24H29N7O6. The maximum Gasteiger partial charge on any atom is 0.269 e. The number of fused-ring (bicyclic) bond motifs is 2. The van der Waals surface area contributed by atoms with Gasteiger partial charge in [-0.05, 0) is 37.3 Å². The zero-order valence-electron chi connectivity index (χ0n) is 20.4. The molecule has 0 amide bonds. The molecule has 4 atom stereocenters. The molecule has 1 aromatic carbocycles. The van der Waals surface area contributed by atoms with Crippen molar-refractivity contribution in [3.05, 3.63) is 45.8 Å². The topological polar surface area (TPSA) is 161 Å². The van der Waals surface area contributed by atoms with Crippen molar-refractivity contribution in [3.63, 3.8) is 0 Å². The minimum atomic E-state index is -1.16. The van der Waals surface area contributed by atoms with Crippen LogP contribution in [0.15, 0.2) is 24.5 Å². The predicted octanol–water partition coefficient (Wildman–Crippen LogP) is 1.53. The van der Waals surface area contributed by atoms with Gasteiger partial charge in [-0.3, -0.25) is 14.7 Å². The molecule has 0 bridgehead atoms. The molecule has 0 aliphatic carbocycles. The van der Waals surface area contributed by atoms with Crippen LogP contribution < -0.4 is 10.2 Å². The second kappa shape index (κ2) is 9.49. The molecule has 0 saturated carbocycles. The summed E-state index contributed by atoms with van der Waals surface area (Å²) >= 11 is 0. The summed E-state index contributed by atoms with van der Waals surface area (Å²) in [6.45, 7) is 4.09. The lowest BCUT2D eigenvalue weighted by molar-refractivity contribution is -0.384. The molecule has 13 nitrogen and oxygen atoms in total. The SMILES string of the molecule is C[C@H]1O[C@@H](n2c(NC3CCOCC3)nc3c(N4CCc5ccc([N+](=O)[O-])cc5C4)ncnc32)[C@H](O)[C@@H]1O. The van der Waals surface area contributed by atoms with Crippen molar-refractivity contribution in [2.75, 3.05) is 30.0 Å². The number of anilines is 2. The largest absolute Gasteiger partial charge is 0.388 e. The molecule has 0 spiro atoms. The molecule has 2 saturated heterocycles. The summed E-state index contributed by atoms with van der Waals surface area (Å²) in [7, 11) is 0. The van der Waals surface area contributed by atoms with E-state index in [1.54, 1.807) is 17.6 Å². The first kappa shape index (κ1) is 24.0. The fourth-order valence-electron chi connectivity index (χ4n) is 5.37. The van der Waals surface area contributed by atoms with Gasteiger partial charge in [-0.15, -0.1) is 0 Å². The third kappa shape index (κ3) is 4.27. The summed E-state index contributed by atoms with van der Waals surface area (Å²) in [4.78, 5) is 26.9. The van der Waals surface area contributed by atoms with Gasteiger partial charge in [0.25, 0.3) is 5.69 Å². The van der Waals surface area contributed by atoms with Gasteiger partial charge in [-0.25, -0.2) is 15.0 Å². The number of non-ortho nitro benzene ring substituents is 1. The van der Waals surface area contributed by atoms with Crippen molar-refractivity contribution in [1.29, 1.82) is 0 Å². The third-order valence-electron chi connectivity index (χ3n) is 7.46. The monoisotopic (exact) mass is 511 g/mol. The van der Waals surface area contributed by atoms with E-state index < -0.39 is 24.5 Å². The van der Waals surface area contributed by atoms with Gasteiger partial charge >= 0.3 is 0 Å². The second-order valence-electron chi connectivity index (χ2n) is 9.80. The van der Waals surface area contributed by atoms with E-state index in [2.05, 4.69) is 15.3 Å². The van der Waals surface area contributed by atoms with Gasteiger partial charge in [-0.2, -0.15) is 0 Å². The highest BCUT2D eigenvalue weighted by Crippen LogP contribution is 2.37. The molecule has 37 heavy (non-hydrogen) atoms. The van der Waals surface area contributed by atoms with E-state index in [0.29, 0.717) is 55.7 Å². The Balaban J connectivity index is 1.41. The lowest BCUT2D eigenvalue weighted by atomic mass is 9.99. The Morgan fingerprint density at radius 3 is 2.70 bits per heavy atom. The van der Waals surface area contributed by atoms with Crippen molar-refractivity contribution in [1.82, 2.24) is 19.5 Å². The number of nitro benzene ring substituents is 1. The van der Waals surface area contributed by atoms with Gasteiger partial charge in [0.1, 0.15) is 18.5 Å². The van der Waals surface area contributed by atoms with Crippen molar-refractivity contribution < 1.29 is 24.6 Å². The average molecular weight is 512 g/mol. The van der Waals surface area contributed by atoms with E-state index in [0.717, 1.165) is 24.0 Å². The number of nitrogens with zero attached hydrogens (tertiary/aromatic N) is 6. The zero-order chi connectivity index (χ0) is 25.7. The molecule has 3 aromatic rings. The van der Waals surface area contributed by atoms with E-state index in [9.17, 15) is 20.3 Å². The van der Waals surface area contributed by atoms with Crippen LogP contribution in [-0.4, -0.2) is 78.8 Å². The molecule has 0 radical (unpaired) electrons. The fourth-order valence-corrected chi connectivity index (χ4v) is 5.37. The van der Waals surface area contributed by atoms with Crippen LogP contribution >= 0.6 is 0 Å². The smallest absolute Gasteiger partial charge is 0.269 e. The molecule has 3 N–H and O–H groups in total. The van der Waals surface area contributed by atoms with Crippen molar-refractivity contribution in [3.8, 4) is 0 Å². The second-order valence-corrected chi connectivity index (χ2v) is 9.80. The Labute approximate surface area is 212 Å². The van der Waals surface area contributed by atoms with Crippen LogP contribution in [0.25, 0.3) is 11.2 Å². The number of aliphatic hydroxyl groups is 2. The van der Waals surface area contributed by atoms with Gasteiger partial charge in [-0.1, -0.05) is 6.07 Å². The summed E-state index contributed by atoms with van der Waals surface area (Å²) < 4.78 is 13.1. The fraction of sp³-hybridized carbons (Fsp3) is 0.542. The number of hydrogen-bond donors (Lipinski definition) is 3. The van der Waals surface area contributed by atoms with Crippen LogP contribution in [0.1, 0.15) is 37.1 Å². The molecule has 2 aromatic heterocycles. The normalized spacial score (nSPS) is 26.4. The van der Waals surface area contributed by atoms with Crippen LogP contribution in [0.3, 0.4) is 0 Å². The molecular weight excluding hydrogens is 482 g/mol. The molecule has 3 aliphatic rings. The number of imidazole rings is 1. The Kier molecular flexibility index (Phi) is 6.15. The van der Waals surface area contributed by atoms with E-state index in [4.69, 9.17) is 14.5 Å². The summed E-state index contributed by atoms with van der Waals surface area (Å²) in [5.41, 5.74) is 3.00. The minimum Gasteiger partial charge on any atom is -0.388 e. The Morgan fingerprint density at radius 2 is 1.97 bits per heavy atom. The van der Waals surface area contributed by atoms with Crippen LogP contribution in [0.2, 0.25) is 0 Å². The van der Waals surface area contributed by atoms with Crippen molar-refractivity contribution in [2.45, 2.75) is 63.3 Å².